The van der Waals surface area contributed by atoms with Crippen LogP contribution in [0.2, 0.25) is 0 Å². The fourth-order valence-electron chi connectivity index (χ4n) is 1.56. The highest BCUT2D eigenvalue weighted by Crippen LogP contribution is 2.43. The topological polar surface area (TPSA) is 26.0 Å². The Hall–Kier alpha value is -0.340. The van der Waals surface area contributed by atoms with Gasteiger partial charge in [0.2, 0.25) is 0 Å². The lowest BCUT2D eigenvalue weighted by atomic mass is 9.83. The molecule has 1 aliphatic heterocycles. The summed E-state index contributed by atoms with van der Waals surface area (Å²) in [6.07, 6.45) is 1.11. The number of nitrogens with zero attached hydrogens (tertiary/aromatic N) is 1. The van der Waals surface area contributed by atoms with Gasteiger partial charge in [0.05, 0.1) is 13.5 Å². The first-order valence-corrected chi connectivity index (χ1v) is 3.68. The first-order chi connectivity index (χ1) is 4.44. The molecule has 0 aromatic rings. The summed E-state index contributed by atoms with van der Waals surface area (Å²) in [6.45, 7) is 9.11. The van der Waals surface area contributed by atoms with Gasteiger partial charge in [0.1, 0.15) is 17.9 Å². The number of likely N-dealkylation sites (tertiary alicyclic amines) is 1. The molecule has 0 saturated carbocycles. The van der Waals surface area contributed by atoms with E-state index in [-0.39, 0.29) is 0 Å². The second-order valence-electron chi connectivity index (χ2n) is 3.93. The van der Waals surface area contributed by atoms with E-state index in [1.54, 1.807) is 0 Å². The molecule has 0 amide bonds. The highest BCUT2D eigenvalue weighted by Gasteiger charge is 2.52. The zero-order valence-corrected chi connectivity index (χ0v) is 7.15. The highest BCUT2D eigenvalue weighted by molar-refractivity contribution is 5.03. The van der Waals surface area contributed by atoms with Crippen molar-refractivity contribution < 1.29 is 4.48 Å². The summed E-state index contributed by atoms with van der Waals surface area (Å²) < 4.78 is 0.840. The predicted octanol–water partition coefficient (Wildman–Crippen LogP) is 1.05. The van der Waals surface area contributed by atoms with Gasteiger partial charge in [-0.15, -0.1) is 0 Å². The second kappa shape index (κ2) is 1.83. The predicted molar refractivity (Wildman–Crippen MR) is 43.1 cm³/mol. The van der Waals surface area contributed by atoms with Gasteiger partial charge < -0.3 is 0 Å². The first-order valence-electron chi connectivity index (χ1n) is 3.68. The third-order valence-electron chi connectivity index (χ3n) is 3.04. The van der Waals surface area contributed by atoms with Gasteiger partial charge in [-0.05, 0) is 20.4 Å². The molecular weight excluding hydrogens is 124 g/mol. The maximum atomic E-state index is 5.65. The van der Waals surface area contributed by atoms with Crippen molar-refractivity contribution >= 4 is 0 Å². The van der Waals surface area contributed by atoms with Gasteiger partial charge in [-0.2, -0.15) is 0 Å². The zero-order valence-electron chi connectivity index (χ0n) is 7.15. The van der Waals surface area contributed by atoms with Crippen LogP contribution in [0.3, 0.4) is 0 Å². The van der Waals surface area contributed by atoms with Crippen LogP contribution in [0.25, 0.3) is 0 Å². The molecule has 0 unspecified atom stereocenters. The van der Waals surface area contributed by atoms with Crippen LogP contribution < -0.4 is 5.73 Å². The van der Waals surface area contributed by atoms with Crippen LogP contribution in [0.5, 0.6) is 0 Å². The fraction of sp³-hybridized carbons (Fsp3) is 0.750. The van der Waals surface area contributed by atoms with Crippen molar-refractivity contribution in [3.8, 4) is 0 Å². The molecule has 58 valence electrons. The third kappa shape index (κ3) is 0.662. The van der Waals surface area contributed by atoms with E-state index in [2.05, 4.69) is 27.5 Å². The van der Waals surface area contributed by atoms with E-state index in [0.717, 1.165) is 10.9 Å². The molecule has 0 aromatic heterocycles. The van der Waals surface area contributed by atoms with Gasteiger partial charge in [-0.1, -0.05) is 0 Å². The lowest BCUT2D eigenvalue weighted by Gasteiger charge is -2.56. The Balaban J connectivity index is 2.83. The lowest BCUT2D eigenvalue weighted by molar-refractivity contribution is -0.957. The Kier molecular flexibility index (Phi) is 1.42. The van der Waals surface area contributed by atoms with E-state index in [0.29, 0.717) is 12.2 Å². The average Bonchev–Trinajstić information content (AvgIpc) is 1.85. The Bertz CT molecular complexity index is 172. The molecular formula is C8H17N2+. The maximum absolute atomic E-state index is 5.65. The van der Waals surface area contributed by atoms with E-state index in [4.69, 9.17) is 5.73 Å². The van der Waals surface area contributed by atoms with E-state index < -0.39 is 0 Å². The van der Waals surface area contributed by atoms with E-state index in [1.165, 1.54) is 5.70 Å². The summed E-state index contributed by atoms with van der Waals surface area (Å²) in [5.41, 5.74) is 7.21. The number of hydrogen-bond acceptors (Lipinski definition) is 1. The molecule has 0 radical (unpaired) electrons. The largest absolute Gasteiger partial charge is 0.284 e. The molecule has 2 N–H and O–H groups in total. The Morgan fingerprint density at radius 3 is 2.30 bits per heavy atom. The molecule has 0 aliphatic carbocycles. The van der Waals surface area contributed by atoms with E-state index in [1.807, 2.05) is 0 Å². The van der Waals surface area contributed by atoms with E-state index in [9.17, 15) is 0 Å². The molecule has 1 fully saturated rings. The highest BCUT2D eigenvalue weighted by atomic mass is 15.5. The molecule has 10 heavy (non-hydrogen) atoms. The van der Waals surface area contributed by atoms with Crippen molar-refractivity contribution in [2.24, 2.45) is 5.73 Å². The summed E-state index contributed by atoms with van der Waals surface area (Å²) in [6, 6.07) is 0. The number of rotatable bonds is 1. The summed E-state index contributed by atoms with van der Waals surface area (Å²) >= 11 is 0. The number of quaternary nitrogens is 1. The Morgan fingerprint density at radius 2 is 2.20 bits per heavy atom. The van der Waals surface area contributed by atoms with Crippen LogP contribution in [0, 0.1) is 0 Å². The fourth-order valence-corrected chi connectivity index (χ4v) is 1.56. The van der Waals surface area contributed by atoms with Crippen LogP contribution in [0.1, 0.15) is 20.3 Å². The quantitative estimate of drug-likeness (QED) is 0.543. The maximum Gasteiger partial charge on any atom is 0.134 e. The van der Waals surface area contributed by atoms with Crippen molar-refractivity contribution in [3.63, 3.8) is 0 Å². The van der Waals surface area contributed by atoms with Crippen LogP contribution in [-0.4, -0.2) is 23.7 Å². The van der Waals surface area contributed by atoms with Crippen LogP contribution >= 0.6 is 0 Å². The molecule has 1 atom stereocenters. The molecule has 1 saturated heterocycles. The van der Waals surface area contributed by atoms with Gasteiger partial charge in [0.15, 0.2) is 0 Å². The average molecular weight is 141 g/mol. The minimum atomic E-state index is 0.311. The van der Waals surface area contributed by atoms with Crippen molar-refractivity contribution in [1.82, 2.24) is 0 Å². The molecule has 0 spiro atoms. The monoisotopic (exact) mass is 141 g/mol. The second-order valence-corrected chi connectivity index (χ2v) is 3.93. The SMILES string of the molecule is C=C1CC(C)(C)[N@+]1(C)CN. The number of hydrogen-bond donors (Lipinski definition) is 1. The van der Waals surface area contributed by atoms with Crippen LogP contribution in [-0.2, 0) is 0 Å². The lowest BCUT2D eigenvalue weighted by Crippen LogP contribution is -2.68. The van der Waals surface area contributed by atoms with Crippen molar-refractivity contribution in [1.29, 1.82) is 0 Å². The van der Waals surface area contributed by atoms with Gasteiger partial charge in [-0.3, -0.25) is 10.2 Å². The Morgan fingerprint density at radius 1 is 1.70 bits per heavy atom. The minimum Gasteiger partial charge on any atom is -0.284 e. The normalized spacial score (nSPS) is 37.4. The van der Waals surface area contributed by atoms with Gasteiger partial charge >= 0.3 is 0 Å². The molecule has 2 nitrogen and oxygen atoms in total. The van der Waals surface area contributed by atoms with Crippen molar-refractivity contribution in [2.75, 3.05) is 13.7 Å². The molecule has 1 aliphatic rings. The molecule has 0 bridgehead atoms. The zero-order chi connectivity index (χ0) is 7.99. The summed E-state index contributed by atoms with van der Waals surface area (Å²) in [5.74, 6) is 0. The van der Waals surface area contributed by atoms with Crippen LogP contribution in [0.4, 0.5) is 0 Å². The van der Waals surface area contributed by atoms with Gasteiger partial charge in [0.25, 0.3) is 0 Å². The van der Waals surface area contributed by atoms with Crippen LogP contribution in [0.15, 0.2) is 12.3 Å². The van der Waals surface area contributed by atoms with E-state index >= 15 is 0 Å². The minimum absolute atomic E-state index is 0.311. The van der Waals surface area contributed by atoms with Gasteiger partial charge in [-0.25, -0.2) is 0 Å². The molecule has 0 aromatic carbocycles. The summed E-state index contributed by atoms with van der Waals surface area (Å²) in [4.78, 5) is 0. The molecule has 1 rings (SSSR count). The molecule has 1 heterocycles. The summed E-state index contributed by atoms with van der Waals surface area (Å²) in [7, 11) is 2.14. The smallest absolute Gasteiger partial charge is 0.134 e. The van der Waals surface area contributed by atoms with Gasteiger partial charge in [0, 0.05) is 0 Å². The van der Waals surface area contributed by atoms with Crippen molar-refractivity contribution in [2.45, 2.75) is 25.8 Å². The van der Waals surface area contributed by atoms with Crippen molar-refractivity contribution in [3.05, 3.63) is 12.3 Å². The Labute approximate surface area is 62.9 Å². The third-order valence-corrected chi connectivity index (χ3v) is 3.04. The summed E-state index contributed by atoms with van der Waals surface area (Å²) in [5, 5.41) is 0. The first kappa shape index (κ1) is 7.76. The number of nitrogens with two attached hydrogens (primary N) is 1. The molecule has 2 heteroatoms. The standard InChI is InChI=1S/C8H17N2/c1-7-5-8(2,3)10(7,4)6-9/h1,5-6,9H2,2-4H3/q+1/t10-/m1/s1.